The van der Waals surface area contributed by atoms with Gasteiger partial charge >= 0.3 is 0 Å². The van der Waals surface area contributed by atoms with Crippen LogP contribution in [0.5, 0.6) is 0 Å². The molecule has 4 heteroatoms. The maximum absolute atomic E-state index is 10.8. The lowest BCUT2D eigenvalue weighted by Crippen LogP contribution is -2.37. The summed E-state index contributed by atoms with van der Waals surface area (Å²) in [6.07, 6.45) is 1.01. The molecule has 0 bridgehead atoms. The largest absolute Gasteiger partial charge is 0.306 e. The summed E-state index contributed by atoms with van der Waals surface area (Å²) in [5.41, 5.74) is 2.22. The second-order valence-electron chi connectivity index (χ2n) is 2.42. The topological polar surface area (TPSA) is 50.4 Å². The average Bonchev–Trinajstić information content (AvgIpc) is 2.01. The summed E-state index contributed by atoms with van der Waals surface area (Å²) in [5.74, 6) is -0.146. The quantitative estimate of drug-likeness (QED) is 0.559. The monoisotopic (exact) mass is 160 g/mol. The highest BCUT2D eigenvalue weighted by Crippen LogP contribution is 1.85. The van der Waals surface area contributed by atoms with Crippen molar-refractivity contribution in [3.8, 4) is 0 Å². The second-order valence-corrected chi connectivity index (χ2v) is 2.42. The van der Waals surface area contributed by atoms with Crippen LogP contribution < -0.4 is 10.8 Å². The van der Waals surface area contributed by atoms with Gasteiger partial charge in [0.25, 0.3) is 5.91 Å². The zero-order valence-corrected chi connectivity index (χ0v) is 7.31. The highest BCUT2D eigenvalue weighted by atomic mass is 16.6. The smallest absolute Gasteiger partial charge is 0.257 e. The number of hydrogen-bond donors (Lipinski definition) is 2. The minimum Gasteiger partial charge on any atom is -0.306 e. The maximum atomic E-state index is 10.8. The van der Waals surface area contributed by atoms with E-state index in [2.05, 4.69) is 22.6 Å². The summed E-state index contributed by atoms with van der Waals surface area (Å²) < 4.78 is 0. The van der Waals surface area contributed by atoms with Crippen molar-refractivity contribution >= 4 is 5.91 Å². The first-order valence-corrected chi connectivity index (χ1v) is 3.75. The lowest BCUT2D eigenvalue weighted by molar-refractivity contribution is -0.130. The van der Waals surface area contributed by atoms with E-state index in [1.54, 1.807) is 0 Å². The molecule has 0 spiro atoms. The van der Waals surface area contributed by atoms with E-state index in [9.17, 15) is 4.79 Å². The zero-order valence-electron chi connectivity index (χ0n) is 7.31. The number of amides is 1. The van der Waals surface area contributed by atoms with Gasteiger partial charge in [-0.15, -0.1) is 0 Å². The molecule has 11 heavy (non-hydrogen) atoms. The van der Waals surface area contributed by atoms with Crippen molar-refractivity contribution in [1.29, 1.82) is 0 Å². The molecule has 0 aliphatic carbocycles. The third-order valence-corrected chi connectivity index (χ3v) is 1.44. The Bertz CT molecular complexity index is 117. The lowest BCUT2D eigenvalue weighted by Gasteiger charge is -2.09. The van der Waals surface area contributed by atoms with Gasteiger partial charge in [-0.2, -0.15) is 0 Å². The summed E-state index contributed by atoms with van der Waals surface area (Å²) in [7, 11) is 1.42. The van der Waals surface area contributed by atoms with Crippen LogP contribution in [-0.4, -0.2) is 25.6 Å². The predicted molar refractivity (Wildman–Crippen MR) is 42.9 cm³/mol. The summed E-state index contributed by atoms with van der Waals surface area (Å²) in [6.45, 7) is 4.40. The molecule has 4 nitrogen and oxygen atoms in total. The van der Waals surface area contributed by atoms with Gasteiger partial charge in [-0.3, -0.25) is 9.63 Å². The molecule has 66 valence electrons. The van der Waals surface area contributed by atoms with E-state index in [1.807, 2.05) is 6.92 Å². The van der Waals surface area contributed by atoms with E-state index >= 15 is 0 Å². The summed E-state index contributed by atoms with van der Waals surface area (Å²) >= 11 is 0. The number of hydroxylamine groups is 1. The van der Waals surface area contributed by atoms with E-state index in [0.717, 1.165) is 6.42 Å². The van der Waals surface area contributed by atoms with E-state index in [-0.39, 0.29) is 5.91 Å². The van der Waals surface area contributed by atoms with E-state index < -0.39 is 0 Å². The average molecular weight is 160 g/mol. The molecule has 0 rings (SSSR count). The van der Waals surface area contributed by atoms with Crippen molar-refractivity contribution in [2.75, 3.05) is 13.7 Å². The molecule has 1 amide bonds. The fraction of sp³-hybridized carbons (Fsp3) is 0.857. The minimum atomic E-state index is -0.146. The van der Waals surface area contributed by atoms with Gasteiger partial charge in [0.1, 0.15) is 0 Å². The SMILES string of the molecule is CCC(C)NCC(=O)NOC. The van der Waals surface area contributed by atoms with Crippen molar-refractivity contribution in [3.05, 3.63) is 0 Å². The van der Waals surface area contributed by atoms with Gasteiger partial charge < -0.3 is 5.32 Å². The molecule has 0 aliphatic rings. The van der Waals surface area contributed by atoms with Crippen molar-refractivity contribution in [3.63, 3.8) is 0 Å². The van der Waals surface area contributed by atoms with Gasteiger partial charge in [-0.05, 0) is 13.3 Å². The predicted octanol–water partition coefficient (Wildman–Crippen LogP) is 0.0521. The maximum Gasteiger partial charge on any atom is 0.257 e. The minimum absolute atomic E-state index is 0.146. The highest BCUT2D eigenvalue weighted by molar-refractivity contribution is 5.76. The van der Waals surface area contributed by atoms with Gasteiger partial charge in [-0.1, -0.05) is 6.92 Å². The number of carbonyl (C=O) groups is 1. The third kappa shape index (κ3) is 5.82. The standard InChI is InChI=1S/C7H16N2O2/c1-4-6(2)8-5-7(10)9-11-3/h6,8H,4-5H2,1-3H3,(H,9,10). The molecular formula is C7H16N2O2. The summed E-state index contributed by atoms with van der Waals surface area (Å²) in [5, 5.41) is 3.02. The fourth-order valence-corrected chi connectivity index (χ4v) is 0.561. The molecule has 1 unspecified atom stereocenters. The Balaban J connectivity index is 3.30. The Labute approximate surface area is 67.3 Å². The third-order valence-electron chi connectivity index (χ3n) is 1.44. The van der Waals surface area contributed by atoms with Crippen LogP contribution in [0.25, 0.3) is 0 Å². The Kier molecular flexibility index (Phi) is 5.78. The molecule has 1 atom stereocenters. The zero-order chi connectivity index (χ0) is 8.69. The van der Waals surface area contributed by atoms with Crippen LogP contribution in [0.4, 0.5) is 0 Å². The molecule has 0 fully saturated rings. The normalized spacial score (nSPS) is 12.6. The van der Waals surface area contributed by atoms with E-state index in [1.165, 1.54) is 7.11 Å². The molecule has 0 aromatic rings. The van der Waals surface area contributed by atoms with Gasteiger partial charge in [-0.25, -0.2) is 5.48 Å². The number of nitrogens with one attached hydrogen (secondary N) is 2. The van der Waals surface area contributed by atoms with Crippen LogP contribution in [0.1, 0.15) is 20.3 Å². The van der Waals surface area contributed by atoms with Crippen molar-refractivity contribution in [2.45, 2.75) is 26.3 Å². The number of carbonyl (C=O) groups excluding carboxylic acids is 1. The molecule has 0 radical (unpaired) electrons. The molecule has 0 heterocycles. The van der Waals surface area contributed by atoms with E-state index in [4.69, 9.17) is 0 Å². The summed E-state index contributed by atoms with van der Waals surface area (Å²) in [4.78, 5) is 15.2. The lowest BCUT2D eigenvalue weighted by atomic mass is 10.2. The van der Waals surface area contributed by atoms with E-state index in [0.29, 0.717) is 12.6 Å². The van der Waals surface area contributed by atoms with Crippen LogP contribution in [0.2, 0.25) is 0 Å². The first kappa shape index (κ1) is 10.4. The van der Waals surface area contributed by atoms with Crippen LogP contribution in [0.3, 0.4) is 0 Å². The molecule has 0 aromatic heterocycles. The molecule has 0 saturated heterocycles. The van der Waals surface area contributed by atoms with Crippen LogP contribution in [0, 0.1) is 0 Å². The molecule has 0 aliphatic heterocycles. The van der Waals surface area contributed by atoms with Gasteiger partial charge in [0.05, 0.1) is 13.7 Å². The van der Waals surface area contributed by atoms with Crippen molar-refractivity contribution < 1.29 is 9.63 Å². The van der Waals surface area contributed by atoms with Crippen molar-refractivity contribution in [1.82, 2.24) is 10.8 Å². The summed E-state index contributed by atoms with van der Waals surface area (Å²) in [6, 6.07) is 0.373. The Morgan fingerprint density at radius 3 is 2.73 bits per heavy atom. The molecule has 0 saturated carbocycles. The first-order chi connectivity index (χ1) is 5.20. The Morgan fingerprint density at radius 2 is 2.27 bits per heavy atom. The number of hydrogen-bond acceptors (Lipinski definition) is 3. The first-order valence-electron chi connectivity index (χ1n) is 3.75. The van der Waals surface area contributed by atoms with Crippen molar-refractivity contribution in [2.24, 2.45) is 0 Å². The molecule has 2 N–H and O–H groups in total. The Hall–Kier alpha value is -0.610. The van der Waals surface area contributed by atoms with Crippen LogP contribution in [-0.2, 0) is 9.63 Å². The highest BCUT2D eigenvalue weighted by Gasteiger charge is 2.01. The van der Waals surface area contributed by atoms with Crippen LogP contribution in [0.15, 0.2) is 0 Å². The van der Waals surface area contributed by atoms with Crippen LogP contribution >= 0.6 is 0 Å². The second kappa shape index (κ2) is 6.12. The fourth-order valence-electron chi connectivity index (χ4n) is 0.561. The van der Waals surface area contributed by atoms with Gasteiger partial charge in [0, 0.05) is 6.04 Å². The Morgan fingerprint density at radius 1 is 1.64 bits per heavy atom. The number of rotatable bonds is 5. The molecular weight excluding hydrogens is 144 g/mol. The van der Waals surface area contributed by atoms with Gasteiger partial charge in [0.2, 0.25) is 0 Å². The molecule has 0 aromatic carbocycles. The van der Waals surface area contributed by atoms with Gasteiger partial charge in [0.15, 0.2) is 0 Å².